The summed E-state index contributed by atoms with van der Waals surface area (Å²) >= 11 is 0. The van der Waals surface area contributed by atoms with E-state index in [-0.39, 0.29) is 5.91 Å². The largest absolute Gasteiger partial charge is 0.347 e. The Kier molecular flexibility index (Phi) is 1.17. The van der Waals surface area contributed by atoms with Gasteiger partial charge in [0.15, 0.2) is 0 Å². The summed E-state index contributed by atoms with van der Waals surface area (Å²) in [4.78, 5) is 10.2. The molecule has 1 unspecified atom stereocenters. The Balaban J connectivity index is 2.54. The van der Waals surface area contributed by atoms with Gasteiger partial charge in [0, 0.05) is 12.3 Å². The highest BCUT2D eigenvalue weighted by Crippen LogP contribution is 1.81. The van der Waals surface area contributed by atoms with Gasteiger partial charge < -0.3 is 10.6 Å². The number of amides is 1. The zero-order chi connectivity index (χ0) is 5.98. The molecule has 1 rings (SSSR count). The van der Waals surface area contributed by atoms with Gasteiger partial charge in [0.1, 0.15) is 0 Å². The topological polar surface area (TPSA) is 61.0 Å². The van der Waals surface area contributed by atoms with E-state index in [1.54, 1.807) is 0 Å². The molecule has 0 aromatic rings. The summed E-state index contributed by atoms with van der Waals surface area (Å²) < 4.78 is 0. The molecular formula is C4H5N2O2. The molecular weight excluding hydrogens is 108 g/mol. The molecule has 1 aliphatic rings. The van der Waals surface area contributed by atoms with Gasteiger partial charge in [-0.05, 0) is 0 Å². The van der Waals surface area contributed by atoms with E-state index in [2.05, 4.69) is 10.6 Å². The van der Waals surface area contributed by atoms with Crippen LogP contribution in [-0.4, -0.2) is 12.3 Å². The van der Waals surface area contributed by atoms with Crippen molar-refractivity contribution in [3.8, 4) is 0 Å². The minimum atomic E-state index is -1.17. The average Bonchev–Trinajstić information content (AvgIpc) is 1.64. The standard InChI is InChI=1S/C4H5N2O2/c7-3-1-2-5-4(8)6-3/h1-2,4-5H,(H,6,7). The number of nitrogens with one attached hydrogen (secondary N) is 2. The quantitative estimate of drug-likeness (QED) is 0.420. The average molecular weight is 113 g/mol. The second-order valence-corrected chi connectivity index (χ2v) is 1.39. The van der Waals surface area contributed by atoms with E-state index in [4.69, 9.17) is 0 Å². The van der Waals surface area contributed by atoms with E-state index < -0.39 is 6.35 Å². The Hall–Kier alpha value is -1.03. The van der Waals surface area contributed by atoms with Crippen LogP contribution in [0.1, 0.15) is 0 Å². The summed E-state index contributed by atoms with van der Waals surface area (Å²) in [6.07, 6.45) is 1.41. The fourth-order valence-corrected chi connectivity index (χ4v) is 0.430. The van der Waals surface area contributed by atoms with E-state index in [0.717, 1.165) is 0 Å². The normalized spacial score (nSPS) is 26.6. The van der Waals surface area contributed by atoms with Gasteiger partial charge in [0.25, 0.3) is 0 Å². The molecule has 0 spiro atoms. The van der Waals surface area contributed by atoms with Gasteiger partial charge in [0.2, 0.25) is 12.3 Å². The number of carbonyl (C=O) groups excluding carboxylic acids is 1. The van der Waals surface area contributed by atoms with Crippen LogP contribution < -0.4 is 10.6 Å². The number of carbonyl (C=O) groups is 1. The molecule has 1 heterocycles. The first kappa shape index (κ1) is 5.11. The minimum absolute atomic E-state index is 0.344. The van der Waals surface area contributed by atoms with Gasteiger partial charge in [-0.3, -0.25) is 4.79 Å². The van der Waals surface area contributed by atoms with Gasteiger partial charge in [-0.1, -0.05) is 0 Å². The van der Waals surface area contributed by atoms with E-state index >= 15 is 0 Å². The molecule has 1 atom stereocenters. The molecule has 1 aliphatic heterocycles. The molecule has 0 bridgehead atoms. The number of hydrogen-bond acceptors (Lipinski definition) is 2. The third kappa shape index (κ3) is 0.974. The fraction of sp³-hybridized carbons (Fsp3) is 0.250. The minimum Gasteiger partial charge on any atom is -0.347 e. The van der Waals surface area contributed by atoms with Crippen molar-refractivity contribution in [3.63, 3.8) is 0 Å². The van der Waals surface area contributed by atoms with Crippen LogP contribution in [0.4, 0.5) is 0 Å². The molecule has 0 saturated heterocycles. The lowest BCUT2D eigenvalue weighted by Crippen LogP contribution is -2.44. The smallest absolute Gasteiger partial charge is 0.248 e. The summed E-state index contributed by atoms with van der Waals surface area (Å²) in [5.41, 5.74) is 0. The third-order valence-corrected chi connectivity index (χ3v) is 0.756. The van der Waals surface area contributed by atoms with Crippen molar-refractivity contribution in [2.24, 2.45) is 0 Å². The second-order valence-electron chi connectivity index (χ2n) is 1.39. The van der Waals surface area contributed by atoms with Crippen LogP contribution in [0.5, 0.6) is 0 Å². The van der Waals surface area contributed by atoms with Crippen LogP contribution in [0.2, 0.25) is 0 Å². The van der Waals surface area contributed by atoms with Gasteiger partial charge in [0.05, 0.1) is 0 Å². The predicted molar refractivity (Wildman–Crippen MR) is 24.9 cm³/mol. The molecule has 0 aromatic heterocycles. The molecule has 0 aliphatic carbocycles. The maximum atomic E-state index is 10.3. The summed E-state index contributed by atoms with van der Waals surface area (Å²) in [6.45, 7) is 0. The van der Waals surface area contributed by atoms with Crippen molar-refractivity contribution in [3.05, 3.63) is 12.3 Å². The second kappa shape index (κ2) is 1.83. The molecule has 4 nitrogen and oxygen atoms in total. The molecule has 4 heteroatoms. The molecule has 1 amide bonds. The summed E-state index contributed by atoms with van der Waals surface area (Å²) in [6, 6.07) is 0. The summed E-state index contributed by atoms with van der Waals surface area (Å²) in [5, 5.41) is 14.7. The maximum absolute atomic E-state index is 10.3. The van der Waals surface area contributed by atoms with Crippen LogP contribution in [0, 0.1) is 0 Å². The monoisotopic (exact) mass is 113 g/mol. The summed E-state index contributed by atoms with van der Waals surface area (Å²) in [5.74, 6) is -0.344. The Morgan fingerprint density at radius 1 is 1.62 bits per heavy atom. The van der Waals surface area contributed by atoms with Gasteiger partial charge >= 0.3 is 0 Å². The van der Waals surface area contributed by atoms with Crippen molar-refractivity contribution in [1.82, 2.24) is 10.6 Å². The summed E-state index contributed by atoms with van der Waals surface area (Å²) in [7, 11) is 0. The van der Waals surface area contributed by atoms with Crippen LogP contribution in [0.3, 0.4) is 0 Å². The lowest BCUT2D eigenvalue weighted by molar-refractivity contribution is -0.122. The van der Waals surface area contributed by atoms with Crippen LogP contribution in [-0.2, 0) is 9.90 Å². The van der Waals surface area contributed by atoms with Crippen LogP contribution >= 0.6 is 0 Å². The lowest BCUT2D eigenvalue weighted by atomic mass is 10.5. The Morgan fingerprint density at radius 3 is 2.75 bits per heavy atom. The van der Waals surface area contributed by atoms with Crippen molar-refractivity contribution in [2.75, 3.05) is 0 Å². The Morgan fingerprint density at radius 2 is 2.38 bits per heavy atom. The maximum Gasteiger partial charge on any atom is 0.248 e. The number of rotatable bonds is 0. The van der Waals surface area contributed by atoms with E-state index in [1.165, 1.54) is 12.3 Å². The highest BCUT2D eigenvalue weighted by molar-refractivity contribution is 5.88. The van der Waals surface area contributed by atoms with Gasteiger partial charge in [-0.25, -0.2) is 0 Å². The van der Waals surface area contributed by atoms with Crippen molar-refractivity contribution >= 4 is 5.91 Å². The first-order chi connectivity index (χ1) is 3.79. The first-order valence-corrected chi connectivity index (χ1v) is 2.18. The predicted octanol–water partition coefficient (Wildman–Crippen LogP) is -1.07. The van der Waals surface area contributed by atoms with Gasteiger partial charge in [-0.15, -0.1) is 0 Å². The zero-order valence-corrected chi connectivity index (χ0v) is 4.05. The number of hydrogen-bond donors (Lipinski definition) is 2. The van der Waals surface area contributed by atoms with E-state index in [1.807, 2.05) is 0 Å². The van der Waals surface area contributed by atoms with Gasteiger partial charge in [-0.2, -0.15) is 5.11 Å². The highest BCUT2D eigenvalue weighted by atomic mass is 16.3. The third-order valence-electron chi connectivity index (χ3n) is 0.756. The molecule has 43 valence electrons. The van der Waals surface area contributed by atoms with Crippen molar-refractivity contribution in [2.45, 2.75) is 6.35 Å². The SMILES string of the molecule is [O]C1NC=CC(=O)N1. The Bertz CT molecular complexity index is 132. The molecule has 2 N–H and O–H groups in total. The van der Waals surface area contributed by atoms with E-state index in [0.29, 0.717) is 0 Å². The molecule has 0 fully saturated rings. The molecule has 0 aromatic carbocycles. The zero-order valence-electron chi connectivity index (χ0n) is 4.05. The highest BCUT2D eigenvalue weighted by Gasteiger charge is 2.08. The van der Waals surface area contributed by atoms with E-state index in [9.17, 15) is 9.90 Å². The fourth-order valence-electron chi connectivity index (χ4n) is 0.430. The van der Waals surface area contributed by atoms with Crippen LogP contribution in [0.25, 0.3) is 0 Å². The van der Waals surface area contributed by atoms with Crippen molar-refractivity contribution in [1.29, 1.82) is 0 Å². The Labute approximate surface area is 46.2 Å². The van der Waals surface area contributed by atoms with Crippen LogP contribution in [0.15, 0.2) is 12.3 Å². The van der Waals surface area contributed by atoms with Crippen molar-refractivity contribution < 1.29 is 9.90 Å². The molecule has 0 saturated carbocycles. The lowest BCUT2D eigenvalue weighted by Gasteiger charge is -2.12. The molecule has 8 heavy (non-hydrogen) atoms. The first-order valence-electron chi connectivity index (χ1n) is 2.18. The molecule has 1 radical (unpaired) electrons.